The SMILES string of the molecule is COc1ccc(C(=O)N2CC(N3CCN(C(C)=O)CC3)C2)cc1. The van der Waals surface area contributed by atoms with Crippen LogP contribution in [0.4, 0.5) is 0 Å². The molecule has 0 atom stereocenters. The number of amides is 2. The summed E-state index contributed by atoms with van der Waals surface area (Å²) in [6.07, 6.45) is 0. The van der Waals surface area contributed by atoms with E-state index in [9.17, 15) is 9.59 Å². The number of benzene rings is 1. The molecule has 2 fully saturated rings. The van der Waals surface area contributed by atoms with Gasteiger partial charge in [-0.1, -0.05) is 0 Å². The third-order valence-corrected chi connectivity index (χ3v) is 4.76. The number of ether oxygens (including phenoxy) is 1. The summed E-state index contributed by atoms with van der Waals surface area (Å²) in [5, 5.41) is 0. The van der Waals surface area contributed by atoms with Crippen LogP contribution in [0.25, 0.3) is 0 Å². The van der Waals surface area contributed by atoms with E-state index >= 15 is 0 Å². The van der Waals surface area contributed by atoms with E-state index in [1.54, 1.807) is 26.2 Å². The number of carbonyl (C=O) groups is 2. The number of nitrogens with zero attached hydrogens (tertiary/aromatic N) is 3. The van der Waals surface area contributed by atoms with Gasteiger partial charge in [0.2, 0.25) is 5.91 Å². The van der Waals surface area contributed by atoms with Crippen molar-refractivity contribution in [1.82, 2.24) is 14.7 Å². The van der Waals surface area contributed by atoms with Gasteiger partial charge in [-0.25, -0.2) is 0 Å². The number of piperazine rings is 1. The molecular formula is C17H23N3O3. The molecule has 2 amide bonds. The molecule has 0 unspecified atom stereocenters. The van der Waals surface area contributed by atoms with Crippen molar-refractivity contribution in [3.8, 4) is 5.75 Å². The fourth-order valence-corrected chi connectivity index (χ4v) is 3.17. The first kappa shape index (κ1) is 15.8. The number of hydrogen-bond donors (Lipinski definition) is 0. The zero-order valence-electron chi connectivity index (χ0n) is 13.7. The van der Waals surface area contributed by atoms with Crippen molar-refractivity contribution in [3.05, 3.63) is 29.8 Å². The molecule has 2 aliphatic rings. The molecular weight excluding hydrogens is 294 g/mol. The third kappa shape index (κ3) is 3.32. The number of methoxy groups -OCH3 is 1. The van der Waals surface area contributed by atoms with Crippen LogP contribution in [0, 0.1) is 0 Å². The Bertz CT molecular complexity index is 573. The molecule has 6 nitrogen and oxygen atoms in total. The Labute approximate surface area is 136 Å². The molecule has 0 aromatic heterocycles. The number of rotatable bonds is 3. The Balaban J connectivity index is 1.49. The van der Waals surface area contributed by atoms with Gasteiger partial charge < -0.3 is 14.5 Å². The van der Waals surface area contributed by atoms with Crippen LogP contribution in [0.3, 0.4) is 0 Å². The standard InChI is InChI=1S/C17H23N3O3/c1-13(21)18-7-9-19(10-8-18)15-11-20(12-15)17(22)14-3-5-16(23-2)6-4-14/h3-6,15H,7-12H2,1-2H3. The van der Waals surface area contributed by atoms with Crippen LogP contribution in [-0.2, 0) is 4.79 Å². The summed E-state index contributed by atoms with van der Waals surface area (Å²) in [6.45, 7) is 6.53. The average molecular weight is 317 g/mol. The topological polar surface area (TPSA) is 53.1 Å². The highest BCUT2D eigenvalue weighted by molar-refractivity contribution is 5.95. The van der Waals surface area contributed by atoms with Crippen LogP contribution in [0.1, 0.15) is 17.3 Å². The van der Waals surface area contributed by atoms with Gasteiger partial charge in [0, 0.05) is 57.8 Å². The predicted molar refractivity (Wildman–Crippen MR) is 86.5 cm³/mol. The largest absolute Gasteiger partial charge is 0.497 e. The molecule has 1 aromatic rings. The van der Waals surface area contributed by atoms with E-state index in [4.69, 9.17) is 4.74 Å². The second-order valence-electron chi connectivity index (χ2n) is 6.13. The Hall–Kier alpha value is -2.08. The lowest BCUT2D eigenvalue weighted by atomic mass is 10.0. The molecule has 0 radical (unpaired) electrons. The number of likely N-dealkylation sites (tertiary alicyclic amines) is 1. The van der Waals surface area contributed by atoms with Gasteiger partial charge in [0.1, 0.15) is 5.75 Å². The van der Waals surface area contributed by atoms with E-state index < -0.39 is 0 Å². The van der Waals surface area contributed by atoms with Gasteiger partial charge in [-0.3, -0.25) is 14.5 Å². The van der Waals surface area contributed by atoms with E-state index in [1.807, 2.05) is 21.9 Å². The normalized spacial score (nSPS) is 19.4. The Kier molecular flexibility index (Phi) is 4.52. The van der Waals surface area contributed by atoms with Crippen molar-refractivity contribution >= 4 is 11.8 Å². The minimum absolute atomic E-state index is 0.0753. The molecule has 2 aliphatic heterocycles. The molecule has 0 aliphatic carbocycles. The second-order valence-corrected chi connectivity index (χ2v) is 6.13. The maximum absolute atomic E-state index is 12.4. The van der Waals surface area contributed by atoms with Crippen LogP contribution in [0.15, 0.2) is 24.3 Å². The zero-order chi connectivity index (χ0) is 16.4. The molecule has 0 N–H and O–H groups in total. The van der Waals surface area contributed by atoms with Gasteiger partial charge in [0.15, 0.2) is 0 Å². The maximum atomic E-state index is 12.4. The van der Waals surface area contributed by atoms with Gasteiger partial charge in [-0.2, -0.15) is 0 Å². The Morgan fingerprint density at radius 1 is 1.00 bits per heavy atom. The molecule has 2 heterocycles. The first-order valence-electron chi connectivity index (χ1n) is 8.01. The van der Waals surface area contributed by atoms with Crippen LogP contribution >= 0.6 is 0 Å². The Morgan fingerprint density at radius 2 is 1.61 bits per heavy atom. The van der Waals surface area contributed by atoms with E-state index in [-0.39, 0.29) is 11.8 Å². The fraction of sp³-hybridized carbons (Fsp3) is 0.529. The lowest BCUT2D eigenvalue weighted by Gasteiger charge is -2.48. The van der Waals surface area contributed by atoms with Crippen LogP contribution < -0.4 is 4.74 Å². The first-order chi connectivity index (χ1) is 11.1. The highest BCUT2D eigenvalue weighted by Crippen LogP contribution is 2.20. The summed E-state index contributed by atoms with van der Waals surface area (Å²) in [7, 11) is 1.61. The van der Waals surface area contributed by atoms with Crippen molar-refractivity contribution in [2.75, 3.05) is 46.4 Å². The molecule has 0 bridgehead atoms. The predicted octanol–water partition coefficient (Wildman–Crippen LogP) is 0.684. The number of hydrogen-bond acceptors (Lipinski definition) is 4. The third-order valence-electron chi connectivity index (χ3n) is 4.76. The van der Waals surface area contributed by atoms with E-state index in [1.165, 1.54) is 0 Å². The van der Waals surface area contributed by atoms with Crippen molar-refractivity contribution in [3.63, 3.8) is 0 Å². The average Bonchev–Trinajstić information content (AvgIpc) is 2.54. The van der Waals surface area contributed by atoms with Crippen LogP contribution in [-0.4, -0.2) is 78.9 Å². The second kappa shape index (κ2) is 6.58. The van der Waals surface area contributed by atoms with Crippen LogP contribution in [0.5, 0.6) is 5.75 Å². The van der Waals surface area contributed by atoms with Gasteiger partial charge in [0.25, 0.3) is 5.91 Å². The summed E-state index contributed by atoms with van der Waals surface area (Å²) in [4.78, 5) is 29.9. The number of carbonyl (C=O) groups excluding carboxylic acids is 2. The Morgan fingerprint density at radius 3 is 2.13 bits per heavy atom. The summed E-state index contributed by atoms with van der Waals surface area (Å²) in [5.74, 6) is 0.979. The zero-order valence-corrected chi connectivity index (χ0v) is 13.7. The van der Waals surface area contributed by atoms with Gasteiger partial charge >= 0.3 is 0 Å². The molecule has 2 saturated heterocycles. The quantitative estimate of drug-likeness (QED) is 0.823. The van der Waals surface area contributed by atoms with Crippen LogP contribution in [0.2, 0.25) is 0 Å². The van der Waals surface area contributed by atoms with Gasteiger partial charge in [-0.05, 0) is 24.3 Å². The summed E-state index contributed by atoms with van der Waals surface area (Å²) < 4.78 is 5.11. The molecule has 1 aromatic carbocycles. The minimum atomic E-state index is 0.0753. The smallest absolute Gasteiger partial charge is 0.253 e. The molecule has 3 rings (SSSR count). The molecule has 6 heteroatoms. The maximum Gasteiger partial charge on any atom is 0.253 e. The lowest BCUT2D eigenvalue weighted by Crippen LogP contribution is -2.64. The first-order valence-corrected chi connectivity index (χ1v) is 8.01. The lowest BCUT2D eigenvalue weighted by molar-refractivity contribution is -0.131. The highest BCUT2D eigenvalue weighted by atomic mass is 16.5. The monoisotopic (exact) mass is 317 g/mol. The minimum Gasteiger partial charge on any atom is -0.497 e. The van der Waals surface area contributed by atoms with E-state index in [0.717, 1.165) is 45.0 Å². The van der Waals surface area contributed by atoms with E-state index in [2.05, 4.69) is 4.90 Å². The summed E-state index contributed by atoms with van der Waals surface area (Å²) >= 11 is 0. The van der Waals surface area contributed by atoms with Gasteiger partial charge in [0.05, 0.1) is 7.11 Å². The molecule has 124 valence electrons. The fourth-order valence-electron chi connectivity index (χ4n) is 3.17. The highest BCUT2D eigenvalue weighted by Gasteiger charge is 2.36. The van der Waals surface area contributed by atoms with Crippen molar-refractivity contribution in [2.24, 2.45) is 0 Å². The molecule has 0 spiro atoms. The summed E-state index contributed by atoms with van der Waals surface area (Å²) in [5.41, 5.74) is 0.700. The van der Waals surface area contributed by atoms with Crippen molar-refractivity contribution in [1.29, 1.82) is 0 Å². The van der Waals surface area contributed by atoms with Crippen molar-refractivity contribution < 1.29 is 14.3 Å². The summed E-state index contributed by atoms with van der Waals surface area (Å²) in [6, 6.07) is 7.66. The van der Waals surface area contributed by atoms with Crippen molar-refractivity contribution in [2.45, 2.75) is 13.0 Å². The van der Waals surface area contributed by atoms with Gasteiger partial charge in [-0.15, -0.1) is 0 Å². The molecule has 0 saturated carbocycles. The molecule has 23 heavy (non-hydrogen) atoms. The van der Waals surface area contributed by atoms with E-state index in [0.29, 0.717) is 11.6 Å².